The number of fused-ring (bicyclic) bond motifs is 1. The van der Waals surface area contributed by atoms with Gasteiger partial charge in [-0.1, -0.05) is 18.2 Å². The third-order valence-corrected chi connectivity index (χ3v) is 2.08. The number of nitrogens with zero attached hydrogens (tertiary/aromatic N) is 1. The van der Waals surface area contributed by atoms with Crippen molar-refractivity contribution in [2.45, 2.75) is 13.5 Å². The first-order valence-electron chi connectivity index (χ1n) is 4.27. The molecule has 2 rings (SSSR count). The summed E-state index contributed by atoms with van der Waals surface area (Å²) in [7, 11) is 0. The van der Waals surface area contributed by atoms with Crippen LogP contribution in [0, 0.1) is 6.92 Å². The summed E-state index contributed by atoms with van der Waals surface area (Å²) >= 11 is 0. The van der Waals surface area contributed by atoms with E-state index in [0.29, 0.717) is 0 Å². The van der Waals surface area contributed by atoms with Gasteiger partial charge in [-0.25, -0.2) is 0 Å². The zero-order valence-corrected chi connectivity index (χ0v) is 7.49. The van der Waals surface area contributed by atoms with E-state index in [4.69, 9.17) is 5.11 Å². The van der Waals surface area contributed by atoms with Gasteiger partial charge in [-0.15, -0.1) is 0 Å². The first kappa shape index (κ1) is 8.20. The van der Waals surface area contributed by atoms with Crippen LogP contribution in [0.5, 0.6) is 0 Å². The van der Waals surface area contributed by atoms with E-state index in [1.165, 1.54) is 0 Å². The maximum absolute atomic E-state index is 8.94. The highest BCUT2D eigenvalue weighted by Gasteiger charge is 1.96. The van der Waals surface area contributed by atoms with Crippen LogP contribution in [0.3, 0.4) is 0 Å². The Bertz CT molecular complexity index is 437. The molecule has 13 heavy (non-hydrogen) atoms. The molecule has 0 fully saturated rings. The summed E-state index contributed by atoms with van der Waals surface area (Å²) in [5.74, 6) is 0. The van der Waals surface area contributed by atoms with Crippen LogP contribution in [-0.2, 0) is 6.61 Å². The number of pyridine rings is 1. The fourth-order valence-electron chi connectivity index (χ4n) is 1.36. The minimum Gasteiger partial charge on any atom is -0.392 e. The summed E-state index contributed by atoms with van der Waals surface area (Å²) in [6.45, 7) is 2.04. The predicted molar refractivity (Wildman–Crippen MR) is 52.4 cm³/mol. The van der Waals surface area contributed by atoms with Crippen molar-refractivity contribution >= 4 is 10.9 Å². The second-order valence-electron chi connectivity index (χ2n) is 3.14. The van der Waals surface area contributed by atoms with E-state index in [1.54, 1.807) is 0 Å². The number of benzene rings is 1. The molecule has 1 aromatic carbocycles. The molecule has 2 aromatic rings. The topological polar surface area (TPSA) is 33.1 Å². The SMILES string of the molecule is Cc1ccc2ccc(CO)cc2n1. The molecule has 0 atom stereocenters. The molecule has 0 unspecified atom stereocenters. The molecule has 0 spiro atoms. The lowest BCUT2D eigenvalue weighted by molar-refractivity contribution is 0.282. The molecule has 1 aromatic heterocycles. The molecule has 2 heteroatoms. The number of hydrogen-bond acceptors (Lipinski definition) is 2. The largest absolute Gasteiger partial charge is 0.392 e. The number of aryl methyl sites for hydroxylation is 1. The minimum atomic E-state index is 0.0750. The highest BCUT2D eigenvalue weighted by molar-refractivity contribution is 5.79. The molecule has 2 nitrogen and oxygen atoms in total. The third kappa shape index (κ3) is 1.53. The molecular weight excluding hydrogens is 162 g/mol. The molecule has 1 heterocycles. The number of aliphatic hydroxyl groups is 1. The molecule has 0 saturated carbocycles. The van der Waals surface area contributed by atoms with Gasteiger partial charge < -0.3 is 5.11 Å². The van der Waals surface area contributed by atoms with E-state index in [0.717, 1.165) is 22.2 Å². The van der Waals surface area contributed by atoms with Gasteiger partial charge in [-0.2, -0.15) is 0 Å². The van der Waals surface area contributed by atoms with Crippen LogP contribution in [0.1, 0.15) is 11.3 Å². The summed E-state index contributed by atoms with van der Waals surface area (Å²) in [5, 5.41) is 10.1. The van der Waals surface area contributed by atoms with E-state index in [-0.39, 0.29) is 6.61 Å². The van der Waals surface area contributed by atoms with Crippen molar-refractivity contribution in [2.24, 2.45) is 0 Å². The zero-order chi connectivity index (χ0) is 9.26. The van der Waals surface area contributed by atoms with Gasteiger partial charge in [0.05, 0.1) is 12.1 Å². The quantitative estimate of drug-likeness (QED) is 0.715. The van der Waals surface area contributed by atoms with Crippen molar-refractivity contribution in [2.75, 3.05) is 0 Å². The van der Waals surface area contributed by atoms with Gasteiger partial charge in [0.15, 0.2) is 0 Å². The van der Waals surface area contributed by atoms with Gasteiger partial charge in [0.25, 0.3) is 0 Å². The smallest absolute Gasteiger partial charge is 0.0708 e. The Hall–Kier alpha value is -1.41. The zero-order valence-electron chi connectivity index (χ0n) is 7.49. The maximum atomic E-state index is 8.94. The fourth-order valence-corrected chi connectivity index (χ4v) is 1.36. The Kier molecular flexibility index (Phi) is 1.99. The highest BCUT2D eigenvalue weighted by Crippen LogP contribution is 2.14. The highest BCUT2D eigenvalue weighted by atomic mass is 16.3. The second-order valence-corrected chi connectivity index (χ2v) is 3.14. The average molecular weight is 173 g/mol. The molecule has 0 aliphatic carbocycles. The monoisotopic (exact) mass is 173 g/mol. The molecule has 0 aliphatic rings. The van der Waals surface area contributed by atoms with E-state index < -0.39 is 0 Å². The molecule has 0 radical (unpaired) electrons. The maximum Gasteiger partial charge on any atom is 0.0708 e. The fraction of sp³-hybridized carbons (Fsp3) is 0.182. The lowest BCUT2D eigenvalue weighted by atomic mass is 10.1. The van der Waals surface area contributed by atoms with Gasteiger partial charge in [-0.05, 0) is 24.6 Å². The molecule has 0 aliphatic heterocycles. The summed E-state index contributed by atoms with van der Waals surface area (Å²) in [6, 6.07) is 9.84. The minimum absolute atomic E-state index is 0.0750. The van der Waals surface area contributed by atoms with E-state index in [2.05, 4.69) is 4.98 Å². The van der Waals surface area contributed by atoms with Gasteiger partial charge in [0.1, 0.15) is 0 Å². The number of aliphatic hydroxyl groups excluding tert-OH is 1. The molecule has 0 saturated heterocycles. The van der Waals surface area contributed by atoms with Gasteiger partial charge in [-0.3, -0.25) is 4.98 Å². The lowest BCUT2D eigenvalue weighted by Gasteiger charge is -2.00. The van der Waals surface area contributed by atoms with Crippen molar-refractivity contribution in [3.05, 3.63) is 41.6 Å². The first-order chi connectivity index (χ1) is 6.29. The Labute approximate surface area is 76.9 Å². The average Bonchev–Trinajstić information content (AvgIpc) is 2.16. The molecule has 1 N–H and O–H groups in total. The Morgan fingerprint density at radius 1 is 1.23 bits per heavy atom. The lowest BCUT2D eigenvalue weighted by Crippen LogP contribution is -1.86. The second kappa shape index (κ2) is 3.15. The van der Waals surface area contributed by atoms with Crippen LogP contribution in [0.15, 0.2) is 30.3 Å². The molecule has 66 valence electrons. The summed E-state index contributed by atoms with van der Waals surface area (Å²) in [4.78, 5) is 4.37. The van der Waals surface area contributed by atoms with Crippen molar-refractivity contribution in [1.82, 2.24) is 4.98 Å². The summed E-state index contributed by atoms with van der Waals surface area (Å²) in [6.07, 6.45) is 0. The van der Waals surface area contributed by atoms with Gasteiger partial charge in [0.2, 0.25) is 0 Å². The molecule has 0 amide bonds. The van der Waals surface area contributed by atoms with Crippen molar-refractivity contribution in [3.63, 3.8) is 0 Å². The normalized spacial score (nSPS) is 10.6. The number of rotatable bonds is 1. The standard InChI is InChI=1S/C11H11NO/c1-8-2-4-10-5-3-9(7-13)6-11(10)12-8/h2-6,13H,7H2,1H3. The van der Waals surface area contributed by atoms with Gasteiger partial charge in [0, 0.05) is 11.1 Å². The predicted octanol–water partition coefficient (Wildman–Crippen LogP) is 2.04. The van der Waals surface area contributed by atoms with E-state index >= 15 is 0 Å². The van der Waals surface area contributed by atoms with Crippen LogP contribution >= 0.6 is 0 Å². The van der Waals surface area contributed by atoms with Crippen molar-refractivity contribution in [3.8, 4) is 0 Å². The molecular formula is C11H11NO. The third-order valence-electron chi connectivity index (χ3n) is 2.08. The van der Waals surface area contributed by atoms with E-state index in [9.17, 15) is 0 Å². The summed E-state index contributed by atoms with van der Waals surface area (Å²) in [5.41, 5.74) is 2.86. The van der Waals surface area contributed by atoms with Crippen LogP contribution in [0.2, 0.25) is 0 Å². The van der Waals surface area contributed by atoms with Crippen LogP contribution in [0.25, 0.3) is 10.9 Å². The Balaban J connectivity index is 2.68. The van der Waals surface area contributed by atoms with E-state index in [1.807, 2.05) is 37.3 Å². The van der Waals surface area contributed by atoms with Crippen molar-refractivity contribution < 1.29 is 5.11 Å². The number of aromatic nitrogens is 1. The first-order valence-corrected chi connectivity index (χ1v) is 4.27. The van der Waals surface area contributed by atoms with Crippen molar-refractivity contribution in [1.29, 1.82) is 0 Å². The summed E-state index contributed by atoms with van der Waals surface area (Å²) < 4.78 is 0. The Morgan fingerprint density at radius 2 is 2.00 bits per heavy atom. The number of hydrogen-bond donors (Lipinski definition) is 1. The van der Waals surface area contributed by atoms with Crippen LogP contribution < -0.4 is 0 Å². The van der Waals surface area contributed by atoms with Gasteiger partial charge >= 0.3 is 0 Å². The van der Waals surface area contributed by atoms with Crippen LogP contribution in [0.4, 0.5) is 0 Å². The Morgan fingerprint density at radius 3 is 2.77 bits per heavy atom. The van der Waals surface area contributed by atoms with Crippen LogP contribution in [-0.4, -0.2) is 10.1 Å². The molecule has 0 bridgehead atoms.